The average Bonchev–Trinajstić information content (AvgIpc) is 3.09. The van der Waals surface area contributed by atoms with Crippen LogP contribution in [0.2, 0.25) is 5.22 Å². The summed E-state index contributed by atoms with van der Waals surface area (Å²) in [6.07, 6.45) is 1.61. The van der Waals surface area contributed by atoms with E-state index < -0.39 is 0 Å². The molecule has 1 saturated heterocycles. The van der Waals surface area contributed by atoms with Gasteiger partial charge in [-0.3, -0.25) is 4.79 Å². The zero-order valence-electron chi connectivity index (χ0n) is 11.6. The highest BCUT2D eigenvalue weighted by molar-refractivity contribution is 6.28. The van der Waals surface area contributed by atoms with E-state index in [1.165, 1.54) is 5.56 Å². The van der Waals surface area contributed by atoms with Gasteiger partial charge in [0, 0.05) is 25.2 Å². The molecule has 110 valence electrons. The van der Waals surface area contributed by atoms with Crippen LogP contribution in [0.3, 0.4) is 0 Å². The van der Waals surface area contributed by atoms with Gasteiger partial charge in [0.1, 0.15) is 5.76 Å². The largest absolute Gasteiger partial charge is 0.448 e. The van der Waals surface area contributed by atoms with Gasteiger partial charge in [-0.1, -0.05) is 12.1 Å². The van der Waals surface area contributed by atoms with Crippen molar-refractivity contribution in [1.29, 1.82) is 0 Å². The number of furan rings is 1. The summed E-state index contributed by atoms with van der Waals surface area (Å²) in [7, 11) is 0. The predicted molar refractivity (Wildman–Crippen MR) is 82.3 cm³/mol. The minimum absolute atomic E-state index is 0.218. The molecule has 0 atom stereocenters. The molecule has 0 unspecified atom stereocenters. The van der Waals surface area contributed by atoms with E-state index in [9.17, 15) is 4.79 Å². The number of hydrogen-bond donors (Lipinski definition) is 1. The zero-order chi connectivity index (χ0) is 14.7. The highest BCUT2D eigenvalue weighted by Crippen LogP contribution is 2.21. The number of hydrogen-bond acceptors (Lipinski definition) is 3. The van der Waals surface area contributed by atoms with Gasteiger partial charge in [-0.05, 0) is 47.9 Å². The number of nitrogens with zero attached hydrogens (tertiary/aromatic N) is 1. The van der Waals surface area contributed by atoms with Gasteiger partial charge in [0.25, 0.3) is 0 Å². The van der Waals surface area contributed by atoms with Crippen molar-refractivity contribution < 1.29 is 9.21 Å². The molecular weight excluding hydrogens is 288 g/mol. The number of rotatable bonds is 5. The maximum atomic E-state index is 11.7. The fourth-order valence-electron chi connectivity index (χ4n) is 2.49. The third-order valence-corrected chi connectivity index (χ3v) is 3.78. The summed E-state index contributed by atoms with van der Waals surface area (Å²) >= 11 is 5.72. The molecular formula is C16H17ClN2O2. The zero-order valence-corrected chi connectivity index (χ0v) is 12.4. The van der Waals surface area contributed by atoms with Crippen molar-refractivity contribution in [2.24, 2.45) is 0 Å². The summed E-state index contributed by atoms with van der Waals surface area (Å²) in [6.45, 7) is 2.21. The molecule has 5 heteroatoms. The van der Waals surface area contributed by atoms with Crippen LogP contribution in [0.5, 0.6) is 0 Å². The first-order valence-electron chi connectivity index (χ1n) is 7.06. The highest BCUT2D eigenvalue weighted by atomic mass is 35.5. The third-order valence-electron chi connectivity index (χ3n) is 3.58. The third kappa shape index (κ3) is 3.46. The SMILES string of the molecule is O=C1CCCN1c1ccc(CNCc2ccc(Cl)o2)cc1. The lowest BCUT2D eigenvalue weighted by atomic mass is 10.2. The van der Waals surface area contributed by atoms with Crippen LogP contribution in [-0.2, 0) is 17.9 Å². The van der Waals surface area contributed by atoms with Gasteiger partial charge in [-0.2, -0.15) is 0 Å². The molecule has 0 bridgehead atoms. The molecule has 21 heavy (non-hydrogen) atoms. The normalized spacial score (nSPS) is 14.9. The first kappa shape index (κ1) is 14.2. The monoisotopic (exact) mass is 304 g/mol. The van der Waals surface area contributed by atoms with Gasteiger partial charge in [0.05, 0.1) is 6.54 Å². The van der Waals surface area contributed by atoms with Crippen LogP contribution in [0.15, 0.2) is 40.8 Å². The second-order valence-electron chi connectivity index (χ2n) is 5.12. The summed E-state index contributed by atoms with van der Waals surface area (Å²) in [6, 6.07) is 11.7. The summed E-state index contributed by atoms with van der Waals surface area (Å²) in [5.74, 6) is 1.04. The Bertz CT molecular complexity index is 621. The molecule has 0 saturated carbocycles. The Morgan fingerprint density at radius 3 is 2.57 bits per heavy atom. The summed E-state index contributed by atoms with van der Waals surface area (Å²) in [4.78, 5) is 13.5. The van der Waals surface area contributed by atoms with Crippen molar-refractivity contribution in [1.82, 2.24) is 5.32 Å². The number of carbonyl (C=O) groups excluding carboxylic acids is 1. The van der Waals surface area contributed by atoms with Crippen LogP contribution in [0.1, 0.15) is 24.2 Å². The summed E-state index contributed by atoms with van der Waals surface area (Å²) in [5, 5.41) is 3.70. The quantitative estimate of drug-likeness (QED) is 0.921. The van der Waals surface area contributed by atoms with Gasteiger partial charge in [0.2, 0.25) is 5.91 Å². The van der Waals surface area contributed by atoms with Crippen molar-refractivity contribution in [2.75, 3.05) is 11.4 Å². The summed E-state index contributed by atoms with van der Waals surface area (Å²) < 4.78 is 5.28. The van der Waals surface area contributed by atoms with E-state index in [1.807, 2.05) is 35.2 Å². The Morgan fingerprint density at radius 1 is 1.14 bits per heavy atom. The van der Waals surface area contributed by atoms with Crippen LogP contribution in [-0.4, -0.2) is 12.5 Å². The van der Waals surface area contributed by atoms with Crippen molar-refractivity contribution in [2.45, 2.75) is 25.9 Å². The molecule has 2 aromatic rings. The van der Waals surface area contributed by atoms with Gasteiger partial charge in [-0.15, -0.1) is 0 Å². The number of halogens is 1. The van der Waals surface area contributed by atoms with Crippen LogP contribution >= 0.6 is 11.6 Å². The van der Waals surface area contributed by atoms with Gasteiger partial charge in [-0.25, -0.2) is 0 Å². The number of benzene rings is 1. The van der Waals surface area contributed by atoms with E-state index in [2.05, 4.69) is 5.32 Å². The topological polar surface area (TPSA) is 45.5 Å². The standard InChI is InChI=1S/C16H17ClN2O2/c17-15-8-7-14(21-15)11-18-10-12-3-5-13(6-4-12)19-9-1-2-16(19)20/h3-8,18H,1-2,9-11H2. The van der Waals surface area contributed by atoms with E-state index in [-0.39, 0.29) is 5.91 Å². The molecule has 1 fully saturated rings. The Hall–Kier alpha value is -1.78. The maximum Gasteiger partial charge on any atom is 0.227 e. The lowest BCUT2D eigenvalue weighted by Crippen LogP contribution is -2.23. The minimum atomic E-state index is 0.218. The summed E-state index contributed by atoms with van der Waals surface area (Å²) in [5.41, 5.74) is 2.15. The first-order valence-corrected chi connectivity index (χ1v) is 7.44. The molecule has 2 heterocycles. The highest BCUT2D eigenvalue weighted by Gasteiger charge is 2.21. The minimum Gasteiger partial charge on any atom is -0.448 e. The fourth-order valence-corrected chi connectivity index (χ4v) is 2.65. The van der Waals surface area contributed by atoms with Crippen molar-refractivity contribution in [3.05, 3.63) is 52.9 Å². The second kappa shape index (κ2) is 6.33. The van der Waals surface area contributed by atoms with Crippen LogP contribution in [0, 0.1) is 0 Å². The van der Waals surface area contributed by atoms with Gasteiger partial charge < -0.3 is 14.6 Å². The van der Waals surface area contributed by atoms with E-state index in [4.69, 9.17) is 16.0 Å². The molecule has 1 aliphatic heterocycles. The molecule has 1 aromatic heterocycles. The number of nitrogens with one attached hydrogen (secondary N) is 1. The maximum absolute atomic E-state index is 11.7. The van der Waals surface area contributed by atoms with E-state index >= 15 is 0 Å². The average molecular weight is 305 g/mol. The second-order valence-corrected chi connectivity index (χ2v) is 5.50. The number of carbonyl (C=O) groups is 1. The molecule has 3 rings (SSSR count). The first-order chi connectivity index (χ1) is 10.2. The van der Waals surface area contributed by atoms with Gasteiger partial charge in [0.15, 0.2) is 5.22 Å². The number of anilines is 1. The molecule has 4 nitrogen and oxygen atoms in total. The predicted octanol–water partition coefficient (Wildman–Crippen LogP) is 3.35. The Labute approximate surface area is 128 Å². The number of amides is 1. The molecule has 1 amide bonds. The van der Waals surface area contributed by atoms with E-state index in [0.29, 0.717) is 18.2 Å². The molecule has 0 aliphatic carbocycles. The van der Waals surface area contributed by atoms with Crippen molar-refractivity contribution >= 4 is 23.2 Å². The van der Waals surface area contributed by atoms with Crippen molar-refractivity contribution in [3.63, 3.8) is 0 Å². The fraction of sp³-hybridized carbons (Fsp3) is 0.312. The van der Waals surface area contributed by atoms with Crippen LogP contribution in [0.25, 0.3) is 0 Å². The molecule has 1 N–H and O–H groups in total. The van der Waals surface area contributed by atoms with Crippen LogP contribution in [0.4, 0.5) is 5.69 Å². The van der Waals surface area contributed by atoms with E-state index in [1.54, 1.807) is 6.07 Å². The smallest absolute Gasteiger partial charge is 0.227 e. The molecule has 0 spiro atoms. The lowest BCUT2D eigenvalue weighted by molar-refractivity contribution is -0.117. The van der Waals surface area contributed by atoms with Crippen molar-refractivity contribution in [3.8, 4) is 0 Å². The van der Waals surface area contributed by atoms with E-state index in [0.717, 1.165) is 31.0 Å². The van der Waals surface area contributed by atoms with Gasteiger partial charge >= 0.3 is 0 Å². The Kier molecular flexibility index (Phi) is 4.27. The molecule has 0 radical (unpaired) electrons. The molecule has 1 aliphatic rings. The Morgan fingerprint density at radius 2 is 1.95 bits per heavy atom. The molecule has 1 aromatic carbocycles. The lowest BCUT2D eigenvalue weighted by Gasteiger charge is -2.16. The Balaban J connectivity index is 1.53. The van der Waals surface area contributed by atoms with Crippen LogP contribution < -0.4 is 10.2 Å².